The lowest BCUT2D eigenvalue weighted by atomic mass is 10.1. The van der Waals surface area contributed by atoms with E-state index in [0.717, 1.165) is 30.6 Å². The molecule has 1 N–H and O–H groups in total. The minimum atomic E-state index is -3.42. The van der Waals surface area contributed by atoms with E-state index < -0.39 is 10.0 Å². The molecule has 0 saturated carbocycles. The van der Waals surface area contributed by atoms with Crippen LogP contribution in [0.5, 0.6) is 0 Å². The first-order valence-corrected chi connectivity index (χ1v) is 11.5. The zero-order valence-electron chi connectivity index (χ0n) is 17.3. The van der Waals surface area contributed by atoms with Crippen LogP contribution in [0, 0.1) is 0 Å². The first kappa shape index (κ1) is 22.5. The second kappa shape index (κ2) is 10.1. The van der Waals surface area contributed by atoms with Crippen molar-refractivity contribution in [2.45, 2.75) is 20.4 Å². The van der Waals surface area contributed by atoms with Crippen LogP contribution in [-0.2, 0) is 16.6 Å². The Balaban J connectivity index is 2.01. The van der Waals surface area contributed by atoms with Gasteiger partial charge < -0.3 is 10.2 Å². The summed E-state index contributed by atoms with van der Waals surface area (Å²) >= 11 is 0. The Morgan fingerprint density at radius 1 is 1.00 bits per heavy atom. The number of anilines is 2. The van der Waals surface area contributed by atoms with E-state index in [1.807, 2.05) is 12.1 Å². The van der Waals surface area contributed by atoms with E-state index in [0.29, 0.717) is 17.8 Å². The van der Waals surface area contributed by atoms with Crippen LogP contribution in [0.1, 0.15) is 29.8 Å². The maximum absolute atomic E-state index is 12.4. The van der Waals surface area contributed by atoms with Crippen molar-refractivity contribution in [2.75, 3.05) is 35.1 Å². The van der Waals surface area contributed by atoms with Gasteiger partial charge >= 0.3 is 0 Å². The molecule has 6 nitrogen and oxygen atoms in total. The van der Waals surface area contributed by atoms with Gasteiger partial charge in [-0.3, -0.25) is 9.10 Å². The molecule has 0 heterocycles. The molecule has 0 saturated heterocycles. The van der Waals surface area contributed by atoms with Crippen LogP contribution >= 0.6 is 0 Å². The van der Waals surface area contributed by atoms with Gasteiger partial charge in [0.1, 0.15) is 0 Å². The number of nitrogens with one attached hydrogen (secondary N) is 1. The van der Waals surface area contributed by atoms with Gasteiger partial charge in [0.25, 0.3) is 5.91 Å². The standard InChI is InChI=1S/C22H29N3O3S/c1-5-16-25(29(4,27)28)21-14-10-19(11-15-21)22(26)23-17-18-8-12-20(13-9-18)24(6-2)7-3/h5,8-15H,1,6-7,16-17H2,2-4H3,(H,23,26). The number of amides is 1. The summed E-state index contributed by atoms with van der Waals surface area (Å²) in [6, 6.07) is 14.6. The highest BCUT2D eigenvalue weighted by Gasteiger charge is 2.16. The van der Waals surface area contributed by atoms with E-state index in [4.69, 9.17) is 0 Å². The van der Waals surface area contributed by atoms with Gasteiger partial charge in [-0.25, -0.2) is 8.42 Å². The number of hydrogen-bond acceptors (Lipinski definition) is 4. The minimum Gasteiger partial charge on any atom is -0.372 e. The van der Waals surface area contributed by atoms with Crippen molar-refractivity contribution in [3.8, 4) is 0 Å². The summed E-state index contributed by atoms with van der Waals surface area (Å²) in [6.45, 7) is 10.3. The first-order chi connectivity index (χ1) is 13.8. The molecule has 2 aromatic carbocycles. The molecule has 0 aliphatic heterocycles. The van der Waals surface area contributed by atoms with Gasteiger partial charge in [-0.05, 0) is 55.8 Å². The van der Waals surface area contributed by atoms with Crippen molar-refractivity contribution in [1.82, 2.24) is 5.32 Å². The first-order valence-electron chi connectivity index (χ1n) is 9.60. The van der Waals surface area contributed by atoms with Crippen LogP contribution in [0.2, 0.25) is 0 Å². The summed E-state index contributed by atoms with van der Waals surface area (Å²) in [7, 11) is -3.42. The van der Waals surface area contributed by atoms with Crippen molar-refractivity contribution in [2.24, 2.45) is 0 Å². The fourth-order valence-corrected chi connectivity index (χ4v) is 3.91. The van der Waals surface area contributed by atoms with E-state index in [9.17, 15) is 13.2 Å². The van der Waals surface area contributed by atoms with Crippen LogP contribution in [0.4, 0.5) is 11.4 Å². The van der Waals surface area contributed by atoms with Crippen molar-refractivity contribution in [3.63, 3.8) is 0 Å². The molecule has 0 aliphatic rings. The summed E-state index contributed by atoms with van der Waals surface area (Å²) in [5.41, 5.74) is 3.15. The molecule has 156 valence electrons. The number of carbonyl (C=O) groups excluding carboxylic acids is 1. The SMILES string of the molecule is C=CCN(c1ccc(C(=O)NCc2ccc(N(CC)CC)cc2)cc1)S(C)(=O)=O. The number of carbonyl (C=O) groups is 1. The van der Waals surface area contributed by atoms with Gasteiger partial charge in [-0.2, -0.15) is 0 Å². The van der Waals surface area contributed by atoms with Gasteiger partial charge in [-0.15, -0.1) is 6.58 Å². The number of rotatable bonds is 10. The zero-order chi connectivity index (χ0) is 21.4. The molecule has 1 amide bonds. The van der Waals surface area contributed by atoms with Crippen molar-refractivity contribution < 1.29 is 13.2 Å². The smallest absolute Gasteiger partial charge is 0.251 e. The predicted molar refractivity (Wildman–Crippen MR) is 120 cm³/mol. The lowest BCUT2D eigenvalue weighted by molar-refractivity contribution is 0.0951. The van der Waals surface area contributed by atoms with Crippen LogP contribution in [0.15, 0.2) is 61.2 Å². The molecular weight excluding hydrogens is 386 g/mol. The lowest BCUT2D eigenvalue weighted by Crippen LogP contribution is -2.30. The second-order valence-electron chi connectivity index (χ2n) is 6.65. The van der Waals surface area contributed by atoms with Crippen LogP contribution < -0.4 is 14.5 Å². The molecular formula is C22H29N3O3S. The molecule has 29 heavy (non-hydrogen) atoms. The predicted octanol–water partition coefficient (Wildman–Crippen LogP) is 3.41. The highest BCUT2D eigenvalue weighted by molar-refractivity contribution is 7.92. The maximum atomic E-state index is 12.4. The normalized spacial score (nSPS) is 11.0. The summed E-state index contributed by atoms with van der Waals surface area (Å²) < 4.78 is 25.0. The molecule has 0 aromatic heterocycles. The van der Waals surface area contributed by atoms with Crippen molar-refractivity contribution >= 4 is 27.3 Å². The Morgan fingerprint density at radius 2 is 1.55 bits per heavy atom. The Labute approximate surface area is 173 Å². The summed E-state index contributed by atoms with van der Waals surface area (Å²) in [6.07, 6.45) is 2.66. The zero-order valence-corrected chi connectivity index (χ0v) is 18.1. The van der Waals surface area contributed by atoms with Crippen LogP contribution in [-0.4, -0.2) is 40.2 Å². The summed E-state index contributed by atoms with van der Waals surface area (Å²) in [5.74, 6) is -0.209. The fraction of sp³-hybridized carbons (Fsp3) is 0.318. The molecule has 7 heteroatoms. The molecule has 0 aliphatic carbocycles. The van der Waals surface area contributed by atoms with Crippen LogP contribution in [0.25, 0.3) is 0 Å². The Bertz CT molecular complexity index is 919. The van der Waals surface area contributed by atoms with E-state index in [1.165, 1.54) is 10.4 Å². The van der Waals surface area contributed by atoms with Crippen molar-refractivity contribution in [3.05, 3.63) is 72.3 Å². The van der Waals surface area contributed by atoms with E-state index in [-0.39, 0.29) is 12.5 Å². The van der Waals surface area contributed by atoms with Crippen LogP contribution in [0.3, 0.4) is 0 Å². The highest BCUT2D eigenvalue weighted by atomic mass is 32.2. The fourth-order valence-electron chi connectivity index (χ4n) is 3.03. The third-order valence-electron chi connectivity index (χ3n) is 4.63. The van der Waals surface area contributed by atoms with Gasteiger partial charge in [0.15, 0.2) is 0 Å². The Hall–Kier alpha value is -2.80. The highest BCUT2D eigenvalue weighted by Crippen LogP contribution is 2.19. The Kier molecular flexibility index (Phi) is 7.84. The molecule has 0 bridgehead atoms. The third-order valence-corrected chi connectivity index (χ3v) is 5.79. The van der Waals surface area contributed by atoms with E-state index in [1.54, 1.807) is 24.3 Å². The minimum absolute atomic E-state index is 0.174. The number of hydrogen-bond donors (Lipinski definition) is 1. The van der Waals surface area contributed by atoms with Gasteiger partial charge in [-0.1, -0.05) is 18.2 Å². The molecule has 0 atom stereocenters. The van der Waals surface area contributed by atoms with Gasteiger partial charge in [0, 0.05) is 30.9 Å². The van der Waals surface area contributed by atoms with E-state index >= 15 is 0 Å². The Morgan fingerprint density at radius 3 is 2.03 bits per heavy atom. The number of benzene rings is 2. The van der Waals surface area contributed by atoms with Gasteiger partial charge in [0.05, 0.1) is 18.5 Å². The monoisotopic (exact) mass is 415 g/mol. The molecule has 0 unspecified atom stereocenters. The molecule has 0 fully saturated rings. The molecule has 2 rings (SSSR count). The average molecular weight is 416 g/mol. The van der Waals surface area contributed by atoms with Crippen molar-refractivity contribution in [1.29, 1.82) is 0 Å². The number of nitrogens with zero attached hydrogens (tertiary/aromatic N) is 2. The maximum Gasteiger partial charge on any atom is 0.251 e. The quantitative estimate of drug-likeness (QED) is 0.604. The summed E-state index contributed by atoms with van der Waals surface area (Å²) in [5, 5.41) is 2.90. The third kappa shape index (κ3) is 6.09. The number of sulfonamides is 1. The second-order valence-corrected chi connectivity index (χ2v) is 8.56. The average Bonchev–Trinajstić information content (AvgIpc) is 2.71. The molecule has 2 aromatic rings. The lowest BCUT2D eigenvalue weighted by Gasteiger charge is -2.21. The molecule has 0 radical (unpaired) electrons. The van der Waals surface area contributed by atoms with Gasteiger partial charge in [0.2, 0.25) is 10.0 Å². The van der Waals surface area contributed by atoms with E-state index in [2.05, 4.69) is 42.8 Å². The summed E-state index contributed by atoms with van der Waals surface area (Å²) in [4.78, 5) is 14.7. The molecule has 0 spiro atoms. The largest absolute Gasteiger partial charge is 0.372 e. The topological polar surface area (TPSA) is 69.7 Å².